The van der Waals surface area contributed by atoms with Crippen molar-refractivity contribution in [3.8, 4) is 0 Å². The molecule has 4 atom stereocenters. The summed E-state index contributed by atoms with van der Waals surface area (Å²) in [6.07, 6.45) is 3.29. The Morgan fingerprint density at radius 3 is 2.29 bits per heavy atom. The smallest absolute Gasteiger partial charge is 0.326 e. The number of likely N-dealkylation sites (tertiary alicyclic amines) is 1. The molecule has 1 heterocycles. The summed E-state index contributed by atoms with van der Waals surface area (Å²) in [6.45, 7) is 4.74. The van der Waals surface area contributed by atoms with Gasteiger partial charge < -0.3 is 20.1 Å². The van der Waals surface area contributed by atoms with E-state index in [0.29, 0.717) is 24.8 Å². The molecular weight excluding hydrogens is 272 g/mol. The molecule has 4 unspecified atom stereocenters. The predicted octanol–water partition coefficient (Wildman–Crippen LogP) is 1.69. The molecule has 21 heavy (non-hydrogen) atoms. The van der Waals surface area contributed by atoms with Crippen LogP contribution in [0.4, 0.5) is 4.79 Å². The van der Waals surface area contributed by atoms with Crippen molar-refractivity contribution in [3.05, 3.63) is 0 Å². The molecular formula is C15H26N2O4. The van der Waals surface area contributed by atoms with Gasteiger partial charge in [-0.2, -0.15) is 0 Å². The fourth-order valence-corrected chi connectivity index (χ4v) is 3.75. The number of ether oxygens (including phenoxy) is 1. The quantitative estimate of drug-likeness (QED) is 0.831. The van der Waals surface area contributed by atoms with Gasteiger partial charge in [0.1, 0.15) is 6.04 Å². The van der Waals surface area contributed by atoms with Gasteiger partial charge in [0.05, 0.1) is 6.10 Å². The second-order valence-electron chi connectivity index (χ2n) is 6.66. The molecule has 0 aromatic heterocycles. The standard InChI is InChI=1S/C15H26N2O4/c1-9-4-10(2)6-11(5-9)16-15(20)17-8-12(21-3)7-13(17)14(18)19/h9-13H,4-8H2,1-3H3,(H,16,20)(H,18,19). The number of nitrogens with zero attached hydrogens (tertiary/aromatic N) is 1. The van der Waals surface area contributed by atoms with Crippen LogP contribution < -0.4 is 5.32 Å². The highest BCUT2D eigenvalue weighted by atomic mass is 16.5. The molecule has 0 aromatic rings. The van der Waals surface area contributed by atoms with E-state index in [1.54, 1.807) is 7.11 Å². The van der Waals surface area contributed by atoms with Crippen molar-refractivity contribution < 1.29 is 19.4 Å². The minimum Gasteiger partial charge on any atom is -0.480 e. The molecule has 120 valence electrons. The van der Waals surface area contributed by atoms with Gasteiger partial charge in [0, 0.05) is 26.1 Å². The SMILES string of the molecule is COC1CC(C(=O)O)N(C(=O)NC2CC(C)CC(C)C2)C1. The molecule has 1 saturated carbocycles. The van der Waals surface area contributed by atoms with Crippen LogP contribution in [0, 0.1) is 11.8 Å². The van der Waals surface area contributed by atoms with Crippen LogP contribution in [0.25, 0.3) is 0 Å². The Labute approximate surface area is 125 Å². The number of aliphatic carboxylic acids is 1. The summed E-state index contributed by atoms with van der Waals surface area (Å²) in [4.78, 5) is 25.1. The average molecular weight is 298 g/mol. The zero-order valence-corrected chi connectivity index (χ0v) is 13.0. The van der Waals surface area contributed by atoms with Crippen molar-refractivity contribution in [2.75, 3.05) is 13.7 Å². The van der Waals surface area contributed by atoms with E-state index in [-0.39, 0.29) is 18.2 Å². The lowest BCUT2D eigenvalue weighted by atomic mass is 9.80. The van der Waals surface area contributed by atoms with Gasteiger partial charge in [0.2, 0.25) is 0 Å². The van der Waals surface area contributed by atoms with E-state index < -0.39 is 12.0 Å². The van der Waals surface area contributed by atoms with Crippen LogP contribution in [0.3, 0.4) is 0 Å². The fourth-order valence-electron chi connectivity index (χ4n) is 3.75. The van der Waals surface area contributed by atoms with Crippen molar-refractivity contribution >= 4 is 12.0 Å². The Balaban J connectivity index is 1.96. The Bertz CT molecular complexity index is 391. The first-order chi connectivity index (χ1) is 9.90. The molecule has 2 fully saturated rings. The van der Waals surface area contributed by atoms with Crippen LogP contribution >= 0.6 is 0 Å². The highest BCUT2D eigenvalue weighted by molar-refractivity contribution is 5.83. The number of carboxylic acid groups (broad SMARTS) is 1. The van der Waals surface area contributed by atoms with Crippen LogP contribution in [0.1, 0.15) is 39.5 Å². The average Bonchev–Trinajstić information content (AvgIpc) is 2.81. The Morgan fingerprint density at radius 2 is 1.76 bits per heavy atom. The molecule has 2 N–H and O–H groups in total. The molecule has 1 aliphatic carbocycles. The van der Waals surface area contributed by atoms with Crippen molar-refractivity contribution in [1.82, 2.24) is 10.2 Å². The third-order valence-electron chi connectivity index (χ3n) is 4.65. The number of carbonyl (C=O) groups is 2. The topological polar surface area (TPSA) is 78.9 Å². The van der Waals surface area contributed by atoms with Crippen molar-refractivity contribution in [3.63, 3.8) is 0 Å². The summed E-state index contributed by atoms with van der Waals surface area (Å²) in [5.74, 6) is 0.231. The summed E-state index contributed by atoms with van der Waals surface area (Å²) in [6, 6.07) is -0.908. The maximum absolute atomic E-state index is 12.4. The van der Waals surface area contributed by atoms with E-state index in [9.17, 15) is 14.7 Å². The molecule has 6 nitrogen and oxygen atoms in total. The van der Waals surface area contributed by atoms with Gasteiger partial charge in [-0.3, -0.25) is 0 Å². The number of carbonyl (C=O) groups excluding carboxylic acids is 1. The zero-order chi connectivity index (χ0) is 15.6. The number of urea groups is 1. The number of amides is 2. The number of hydrogen-bond donors (Lipinski definition) is 2. The van der Waals surface area contributed by atoms with Gasteiger partial charge >= 0.3 is 12.0 Å². The van der Waals surface area contributed by atoms with Crippen molar-refractivity contribution in [2.45, 2.75) is 57.7 Å². The van der Waals surface area contributed by atoms with E-state index >= 15 is 0 Å². The predicted molar refractivity (Wildman–Crippen MR) is 78.0 cm³/mol. The summed E-state index contributed by atoms with van der Waals surface area (Å²) in [7, 11) is 1.55. The lowest BCUT2D eigenvalue weighted by Gasteiger charge is -2.33. The Kier molecular flexibility index (Phi) is 5.08. The Morgan fingerprint density at radius 1 is 1.14 bits per heavy atom. The monoisotopic (exact) mass is 298 g/mol. The molecule has 1 saturated heterocycles. The fraction of sp³-hybridized carbons (Fsp3) is 0.867. The highest BCUT2D eigenvalue weighted by Crippen LogP contribution is 2.29. The van der Waals surface area contributed by atoms with Gasteiger partial charge in [-0.05, 0) is 31.1 Å². The van der Waals surface area contributed by atoms with E-state index in [1.807, 2.05) is 0 Å². The summed E-state index contributed by atoms with van der Waals surface area (Å²) in [5, 5.41) is 12.3. The third kappa shape index (κ3) is 3.87. The molecule has 0 radical (unpaired) electrons. The maximum Gasteiger partial charge on any atom is 0.326 e. The lowest BCUT2D eigenvalue weighted by molar-refractivity contribution is -0.141. The van der Waals surface area contributed by atoms with E-state index in [1.165, 1.54) is 11.3 Å². The van der Waals surface area contributed by atoms with Crippen LogP contribution in [0.2, 0.25) is 0 Å². The molecule has 2 rings (SSSR count). The van der Waals surface area contributed by atoms with Crippen LogP contribution in [0.5, 0.6) is 0 Å². The van der Waals surface area contributed by atoms with Crippen LogP contribution in [-0.2, 0) is 9.53 Å². The van der Waals surface area contributed by atoms with E-state index in [2.05, 4.69) is 19.2 Å². The molecule has 0 aromatic carbocycles. The number of hydrogen-bond acceptors (Lipinski definition) is 3. The van der Waals surface area contributed by atoms with Gasteiger partial charge in [0.25, 0.3) is 0 Å². The normalized spacial score (nSPS) is 36.5. The van der Waals surface area contributed by atoms with Gasteiger partial charge in [-0.1, -0.05) is 13.8 Å². The minimum absolute atomic E-state index is 0.146. The maximum atomic E-state index is 12.4. The first-order valence-electron chi connectivity index (χ1n) is 7.73. The van der Waals surface area contributed by atoms with E-state index in [0.717, 1.165) is 12.8 Å². The van der Waals surface area contributed by atoms with Gasteiger partial charge in [-0.15, -0.1) is 0 Å². The second kappa shape index (κ2) is 6.64. The van der Waals surface area contributed by atoms with Gasteiger partial charge in [-0.25, -0.2) is 9.59 Å². The number of rotatable bonds is 3. The summed E-state index contributed by atoms with van der Waals surface area (Å²) in [5.41, 5.74) is 0. The molecule has 6 heteroatoms. The highest BCUT2D eigenvalue weighted by Gasteiger charge is 2.40. The minimum atomic E-state index is -0.963. The van der Waals surface area contributed by atoms with Crippen molar-refractivity contribution in [2.24, 2.45) is 11.8 Å². The molecule has 2 amide bonds. The van der Waals surface area contributed by atoms with Crippen LogP contribution in [0.15, 0.2) is 0 Å². The first kappa shape index (κ1) is 16.1. The molecule has 0 bridgehead atoms. The Hall–Kier alpha value is -1.30. The zero-order valence-electron chi connectivity index (χ0n) is 13.0. The summed E-state index contributed by atoms with van der Waals surface area (Å²) < 4.78 is 5.21. The first-order valence-corrected chi connectivity index (χ1v) is 7.73. The number of methoxy groups -OCH3 is 1. The van der Waals surface area contributed by atoms with Crippen molar-refractivity contribution in [1.29, 1.82) is 0 Å². The lowest BCUT2D eigenvalue weighted by Crippen LogP contribution is -2.50. The van der Waals surface area contributed by atoms with Crippen LogP contribution in [-0.4, -0.2) is 53.8 Å². The second-order valence-corrected chi connectivity index (χ2v) is 6.66. The number of nitrogens with one attached hydrogen (secondary N) is 1. The molecule has 1 aliphatic heterocycles. The number of carboxylic acids is 1. The largest absolute Gasteiger partial charge is 0.480 e. The third-order valence-corrected chi connectivity index (χ3v) is 4.65. The molecule has 0 spiro atoms. The van der Waals surface area contributed by atoms with Gasteiger partial charge in [0.15, 0.2) is 0 Å². The van der Waals surface area contributed by atoms with E-state index in [4.69, 9.17) is 4.74 Å². The summed E-state index contributed by atoms with van der Waals surface area (Å²) >= 11 is 0. The molecule has 2 aliphatic rings.